The Kier molecular flexibility index (Phi) is 12.3. The van der Waals surface area contributed by atoms with E-state index in [9.17, 15) is 0 Å². The number of rotatable bonds is 7. The quantitative estimate of drug-likeness (QED) is 0.266. The SMILES string of the molecule is CCNC(=NCCCN1CCCN(C)CC1)N(C)Cc1ccccc1Cl.I. The summed E-state index contributed by atoms with van der Waals surface area (Å²) in [5, 5.41) is 4.20. The fourth-order valence-electron chi connectivity index (χ4n) is 3.23. The Balaban J connectivity index is 0.00000364. The number of benzene rings is 1. The summed E-state index contributed by atoms with van der Waals surface area (Å²) in [5.74, 6) is 0.947. The Morgan fingerprint density at radius 2 is 2.00 bits per heavy atom. The molecule has 0 bridgehead atoms. The van der Waals surface area contributed by atoms with Gasteiger partial charge in [-0.1, -0.05) is 29.8 Å². The molecule has 1 N–H and O–H groups in total. The van der Waals surface area contributed by atoms with Crippen LogP contribution >= 0.6 is 35.6 Å². The monoisotopic (exact) mass is 507 g/mol. The Labute approximate surface area is 187 Å². The van der Waals surface area contributed by atoms with E-state index < -0.39 is 0 Å². The van der Waals surface area contributed by atoms with Gasteiger partial charge < -0.3 is 20.0 Å². The van der Waals surface area contributed by atoms with Gasteiger partial charge in [-0.2, -0.15) is 0 Å². The topological polar surface area (TPSA) is 34.1 Å². The molecule has 0 unspecified atom stereocenters. The van der Waals surface area contributed by atoms with Crippen LogP contribution in [0.2, 0.25) is 5.02 Å². The van der Waals surface area contributed by atoms with Gasteiger partial charge in [-0.3, -0.25) is 4.99 Å². The molecule has 1 aliphatic heterocycles. The first-order valence-corrected chi connectivity index (χ1v) is 10.1. The molecule has 0 aromatic heterocycles. The predicted octanol–water partition coefficient (Wildman–Crippen LogP) is 3.38. The highest BCUT2D eigenvalue weighted by Crippen LogP contribution is 2.16. The van der Waals surface area contributed by atoms with E-state index >= 15 is 0 Å². The fraction of sp³-hybridized carbons (Fsp3) is 0.650. The van der Waals surface area contributed by atoms with Gasteiger partial charge in [0.25, 0.3) is 0 Å². The van der Waals surface area contributed by atoms with Crippen molar-refractivity contribution in [1.29, 1.82) is 0 Å². The lowest BCUT2D eigenvalue weighted by Gasteiger charge is -2.23. The number of aliphatic imine (C=N–C) groups is 1. The molecule has 0 spiro atoms. The minimum atomic E-state index is 0. The Bertz CT molecular complexity index is 569. The molecular weight excluding hydrogens is 473 g/mol. The van der Waals surface area contributed by atoms with E-state index in [1.165, 1.54) is 32.6 Å². The van der Waals surface area contributed by atoms with Crippen molar-refractivity contribution in [2.45, 2.75) is 26.3 Å². The first-order valence-electron chi connectivity index (χ1n) is 9.74. The second-order valence-corrected chi connectivity index (χ2v) is 7.44. The first-order chi connectivity index (χ1) is 12.6. The maximum absolute atomic E-state index is 6.29. The zero-order valence-corrected chi connectivity index (χ0v) is 20.0. The summed E-state index contributed by atoms with van der Waals surface area (Å²) in [4.78, 5) is 11.9. The average molecular weight is 508 g/mol. The van der Waals surface area contributed by atoms with Crippen LogP contribution in [0, 0.1) is 0 Å². The molecule has 2 rings (SSSR count). The van der Waals surface area contributed by atoms with Crippen LogP contribution in [0.15, 0.2) is 29.3 Å². The summed E-state index contributed by atoms with van der Waals surface area (Å²) in [7, 11) is 4.28. The van der Waals surface area contributed by atoms with E-state index in [0.717, 1.165) is 49.1 Å². The van der Waals surface area contributed by atoms with Crippen molar-refractivity contribution in [3.63, 3.8) is 0 Å². The minimum absolute atomic E-state index is 0. The molecule has 0 aliphatic carbocycles. The van der Waals surface area contributed by atoms with E-state index in [2.05, 4.69) is 47.1 Å². The number of halogens is 2. The molecule has 1 aromatic carbocycles. The molecule has 0 radical (unpaired) electrons. The number of hydrogen-bond acceptors (Lipinski definition) is 3. The predicted molar refractivity (Wildman–Crippen MR) is 127 cm³/mol. The van der Waals surface area contributed by atoms with Gasteiger partial charge in [0.1, 0.15) is 0 Å². The second kappa shape index (κ2) is 13.6. The summed E-state index contributed by atoms with van der Waals surface area (Å²) in [6.07, 6.45) is 2.36. The van der Waals surface area contributed by atoms with Crippen molar-refractivity contribution >= 4 is 41.5 Å². The summed E-state index contributed by atoms with van der Waals surface area (Å²) >= 11 is 6.29. The smallest absolute Gasteiger partial charge is 0.193 e. The maximum Gasteiger partial charge on any atom is 0.193 e. The van der Waals surface area contributed by atoms with Crippen LogP contribution in [0.3, 0.4) is 0 Å². The Hall–Kier alpha value is -0.570. The third kappa shape index (κ3) is 8.98. The molecule has 0 amide bonds. The van der Waals surface area contributed by atoms with Crippen molar-refractivity contribution in [3.05, 3.63) is 34.9 Å². The molecule has 0 saturated carbocycles. The van der Waals surface area contributed by atoms with Crippen LogP contribution in [0.4, 0.5) is 0 Å². The van der Waals surface area contributed by atoms with E-state index in [-0.39, 0.29) is 24.0 Å². The molecule has 154 valence electrons. The standard InChI is InChI=1S/C20H34ClN5.HI/c1-4-22-20(25(3)17-18-9-5-6-10-19(18)21)23-11-7-13-26-14-8-12-24(2)15-16-26;/h5-6,9-10H,4,7-8,11-17H2,1-3H3,(H,22,23);1H. The van der Waals surface area contributed by atoms with Gasteiger partial charge in [0.2, 0.25) is 0 Å². The van der Waals surface area contributed by atoms with E-state index in [4.69, 9.17) is 16.6 Å². The molecule has 27 heavy (non-hydrogen) atoms. The molecule has 1 aliphatic rings. The zero-order chi connectivity index (χ0) is 18.8. The lowest BCUT2D eigenvalue weighted by Crippen LogP contribution is -2.38. The van der Waals surface area contributed by atoms with Gasteiger partial charge in [-0.25, -0.2) is 0 Å². The highest BCUT2D eigenvalue weighted by Gasteiger charge is 2.12. The molecule has 1 aromatic rings. The molecule has 1 fully saturated rings. The molecule has 5 nitrogen and oxygen atoms in total. The van der Waals surface area contributed by atoms with Gasteiger partial charge in [0.05, 0.1) is 0 Å². The third-order valence-corrected chi connectivity index (χ3v) is 5.14. The largest absolute Gasteiger partial charge is 0.357 e. The summed E-state index contributed by atoms with van der Waals surface area (Å²) in [5.41, 5.74) is 1.12. The minimum Gasteiger partial charge on any atom is -0.357 e. The number of nitrogens with one attached hydrogen (secondary N) is 1. The highest BCUT2D eigenvalue weighted by molar-refractivity contribution is 14.0. The van der Waals surface area contributed by atoms with Crippen molar-refractivity contribution in [2.75, 3.05) is 59.9 Å². The van der Waals surface area contributed by atoms with E-state index in [1.54, 1.807) is 0 Å². The summed E-state index contributed by atoms with van der Waals surface area (Å²) < 4.78 is 0. The number of hydrogen-bond donors (Lipinski definition) is 1. The normalized spacial score (nSPS) is 16.5. The van der Waals surface area contributed by atoms with Crippen LogP contribution in [0.5, 0.6) is 0 Å². The Morgan fingerprint density at radius 3 is 2.74 bits per heavy atom. The highest BCUT2D eigenvalue weighted by atomic mass is 127. The van der Waals surface area contributed by atoms with E-state index in [0.29, 0.717) is 0 Å². The number of guanidine groups is 1. The first kappa shape index (κ1) is 24.5. The number of nitrogens with zero attached hydrogens (tertiary/aromatic N) is 4. The molecule has 7 heteroatoms. The van der Waals surface area contributed by atoms with Gasteiger partial charge in [-0.05, 0) is 58.1 Å². The Morgan fingerprint density at radius 1 is 1.22 bits per heavy atom. The lowest BCUT2D eigenvalue weighted by molar-refractivity contribution is 0.275. The summed E-state index contributed by atoms with van der Waals surface area (Å²) in [6.45, 7) is 10.5. The fourth-order valence-corrected chi connectivity index (χ4v) is 3.43. The van der Waals surface area contributed by atoms with E-state index in [1.807, 2.05) is 18.2 Å². The van der Waals surface area contributed by atoms with Crippen LogP contribution in [0.1, 0.15) is 25.3 Å². The lowest BCUT2D eigenvalue weighted by atomic mass is 10.2. The maximum atomic E-state index is 6.29. The molecule has 1 saturated heterocycles. The van der Waals surface area contributed by atoms with Crippen molar-refractivity contribution < 1.29 is 0 Å². The van der Waals surface area contributed by atoms with Gasteiger partial charge in [0, 0.05) is 44.8 Å². The van der Waals surface area contributed by atoms with Crippen molar-refractivity contribution in [2.24, 2.45) is 4.99 Å². The van der Waals surface area contributed by atoms with Crippen LogP contribution in [-0.2, 0) is 6.54 Å². The zero-order valence-electron chi connectivity index (χ0n) is 17.0. The van der Waals surface area contributed by atoms with Gasteiger partial charge in [0.15, 0.2) is 5.96 Å². The van der Waals surface area contributed by atoms with Crippen LogP contribution in [0.25, 0.3) is 0 Å². The van der Waals surface area contributed by atoms with Crippen LogP contribution in [-0.4, -0.2) is 80.6 Å². The molecular formula is C20H35ClIN5. The average Bonchev–Trinajstić information content (AvgIpc) is 2.84. The van der Waals surface area contributed by atoms with Crippen molar-refractivity contribution in [3.8, 4) is 0 Å². The second-order valence-electron chi connectivity index (χ2n) is 7.04. The van der Waals surface area contributed by atoms with Crippen molar-refractivity contribution in [1.82, 2.24) is 20.0 Å². The molecule has 0 atom stereocenters. The van der Waals surface area contributed by atoms with Gasteiger partial charge in [-0.15, -0.1) is 24.0 Å². The number of likely N-dealkylation sites (N-methyl/N-ethyl adjacent to an activating group) is 1. The van der Waals surface area contributed by atoms with Crippen LogP contribution < -0.4 is 5.32 Å². The molecule has 1 heterocycles. The summed E-state index contributed by atoms with van der Waals surface area (Å²) in [6, 6.07) is 8.00. The third-order valence-electron chi connectivity index (χ3n) is 4.77. The van der Waals surface area contributed by atoms with Gasteiger partial charge >= 0.3 is 0 Å².